The predicted octanol–water partition coefficient (Wildman–Crippen LogP) is 1.15. The van der Waals surface area contributed by atoms with E-state index in [9.17, 15) is 4.79 Å². The number of ether oxygens (including phenoxy) is 1. The number of methoxy groups -OCH3 is 1. The van der Waals surface area contributed by atoms with Gasteiger partial charge in [-0.15, -0.1) is 0 Å². The molecule has 1 aliphatic rings. The van der Waals surface area contributed by atoms with Crippen LogP contribution in [0.1, 0.15) is 5.56 Å². The number of hydrogen-bond donors (Lipinski definition) is 1. The molecule has 19 heavy (non-hydrogen) atoms. The van der Waals surface area contributed by atoms with Gasteiger partial charge in [-0.25, -0.2) is 4.79 Å². The average Bonchev–Trinajstić information content (AvgIpc) is 2.46. The van der Waals surface area contributed by atoms with E-state index in [2.05, 4.69) is 17.3 Å². The van der Waals surface area contributed by atoms with E-state index >= 15 is 0 Å². The molecule has 5 nitrogen and oxygen atoms in total. The van der Waals surface area contributed by atoms with Crippen molar-refractivity contribution in [3.05, 3.63) is 29.8 Å². The first kappa shape index (κ1) is 13.7. The van der Waals surface area contributed by atoms with Gasteiger partial charge in [0, 0.05) is 32.7 Å². The fourth-order valence-corrected chi connectivity index (χ4v) is 2.04. The summed E-state index contributed by atoms with van der Waals surface area (Å²) < 4.78 is 5.10. The predicted molar refractivity (Wildman–Crippen MR) is 74.3 cm³/mol. The molecule has 1 N–H and O–H groups in total. The van der Waals surface area contributed by atoms with Gasteiger partial charge in [0.15, 0.2) is 0 Å². The van der Waals surface area contributed by atoms with Crippen LogP contribution in [0.4, 0.5) is 4.79 Å². The Bertz CT molecular complexity index is 411. The molecule has 0 aliphatic carbocycles. The molecule has 1 saturated heterocycles. The van der Waals surface area contributed by atoms with Crippen LogP contribution in [0.15, 0.2) is 24.3 Å². The number of urea groups is 1. The molecule has 1 aliphatic heterocycles. The quantitative estimate of drug-likeness (QED) is 0.890. The van der Waals surface area contributed by atoms with Gasteiger partial charge in [-0.3, -0.25) is 0 Å². The molecular formula is C14H21N3O2. The van der Waals surface area contributed by atoms with E-state index in [1.54, 1.807) is 7.11 Å². The van der Waals surface area contributed by atoms with Crippen molar-refractivity contribution >= 4 is 6.03 Å². The first-order valence-electron chi connectivity index (χ1n) is 6.53. The number of nitrogens with one attached hydrogen (secondary N) is 1. The number of nitrogens with zero attached hydrogens (tertiary/aromatic N) is 2. The van der Waals surface area contributed by atoms with Gasteiger partial charge in [-0.2, -0.15) is 0 Å². The molecule has 2 rings (SSSR count). The summed E-state index contributed by atoms with van der Waals surface area (Å²) in [7, 11) is 3.72. The van der Waals surface area contributed by atoms with Crippen molar-refractivity contribution in [2.45, 2.75) is 6.54 Å². The largest absolute Gasteiger partial charge is 0.497 e. The third-order valence-corrected chi connectivity index (χ3v) is 3.39. The van der Waals surface area contributed by atoms with E-state index in [0.29, 0.717) is 6.54 Å². The van der Waals surface area contributed by atoms with Gasteiger partial charge in [0.25, 0.3) is 0 Å². The lowest BCUT2D eigenvalue weighted by Gasteiger charge is -2.32. The molecule has 0 saturated carbocycles. The number of carbonyl (C=O) groups excluding carboxylic acids is 1. The Morgan fingerprint density at radius 2 is 1.84 bits per heavy atom. The summed E-state index contributed by atoms with van der Waals surface area (Å²) in [5.74, 6) is 0.828. The van der Waals surface area contributed by atoms with Crippen molar-refractivity contribution in [2.75, 3.05) is 40.3 Å². The molecule has 0 radical (unpaired) electrons. The summed E-state index contributed by atoms with van der Waals surface area (Å²) in [6, 6.07) is 7.74. The number of carbonyl (C=O) groups is 1. The van der Waals surface area contributed by atoms with Gasteiger partial charge in [-0.1, -0.05) is 12.1 Å². The van der Waals surface area contributed by atoms with Gasteiger partial charge in [0.1, 0.15) is 5.75 Å². The van der Waals surface area contributed by atoms with E-state index in [-0.39, 0.29) is 6.03 Å². The molecular weight excluding hydrogens is 242 g/mol. The van der Waals surface area contributed by atoms with E-state index in [1.807, 2.05) is 29.2 Å². The van der Waals surface area contributed by atoms with Crippen LogP contribution in [-0.2, 0) is 6.54 Å². The summed E-state index contributed by atoms with van der Waals surface area (Å²) in [4.78, 5) is 16.1. The number of benzene rings is 1. The summed E-state index contributed by atoms with van der Waals surface area (Å²) in [6.45, 7) is 4.02. The number of piperazine rings is 1. The monoisotopic (exact) mass is 263 g/mol. The number of rotatable bonds is 3. The molecule has 2 amide bonds. The zero-order valence-corrected chi connectivity index (χ0v) is 11.6. The van der Waals surface area contributed by atoms with E-state index < -0.39 is 0 Å². The van der Waals surface area contributed by atoms with Crippen molar-refractivity contribution in [1.29, 1.82) is 0 Å². The molecule has 0 unspecified atom stereocenters. The Labute approximate surface area is 114 Å². The molecule has 0 atom stereocenters. The normalized spacial score (nSPS) is 16.2. The lowest BCUT2D eigenvalue weighted by molar-refractivity contribution is 0.154. The lowest BCUT2D eigenvalue weighted by Crippen LogP contribution is -2.50. The van der Waals surface area contributed by atoms with E-state index in [1.165, 1.54) is 0 Å². The molecule has 0 aromatic heterocycles. The maximum Gasteiger partial charge on any atom is 0.317 e. The molecule has 104 valence electrons. The first-order chi connectivity index (χ1) is 9.19. The third-order valence-electron chi connectivity index (χ3n) is 3.39. The SMILES string of the molecule is COc1ccc(CNC(=O)N2CCN(C)CC2)cc1. The van der Waals surface area contributed by atoms with Crippen LogP contribution in [0.2, 0.25) is 0 Å². The number of hydrogen-bond acceptors (Lipinski definition) is 3. The number of amides is 2. The van der Waals surface area contributed by atoms with Crippen molar-refractivity contribution in [1.82, 2.24) is 15.1 Å². The topological polar surface area (TPSA) is 44.8 Å². The van der Waals surface area contributed by atoms with Gasteiger partial charge in [-0.05, 0) is 24.7 Å². The minimum absolute atomic E-state index is 0.0175. The molecule has 1 aromatic rings. The second kappa shape index (κ2) is 6.43. The maximum absolute atomic E-state index is 12.0. The minimum Gasteiger partial charge on any atom is -0.497 e. The van der Waals surface area contributed by atoms with Crippen LogP contribution in [0.5, 0.6) is 5.75 Å². The minimum atomic E-state index is 0.0175. The van der Waals surface area contributed by atoms with Crippen molar-refractivity contribution in [2.24, 2.45) is 0 Å². The van der Waals surface area contributed by atoms with Gasteiger partial charge >= 0.3 is 6.03 Å². The van der Waals surface area contributed by atoms with Crippen molar-refractivity contribution in [3.63, 3.8) is 0 Å². The van der Waals surface area contributed by atoms with Gasteiger partial charge in [0.2, 0.25) is 0 Å². The van der Waals surface area contributed by atoms with E-state index in [4.69, 9.17) is 4.74 Å². The first-order valence-corrected chi connectivity index (χ1v) is 6.53. The van der Waals surface area contributed by atoms with Crippen LogP contribution < -0.4 is 10.1 Å². The second-order valence-electron chi connectivity index (χ2n) is 4.80. The van der Waals surface area contributed by atoms with Crippen molar-refractivity contribution in [3.8, 4) is 5.75 Å². The highest BCUT2D eigenvalue weighted by Crippen LogP contribution is 2.11. The number of likely N-dealkylation sites (N-methyl/N-ethyl adjacent to an activating group) is 1. The molecule has 0 bridgehead atoms. The Kier molecular flexibility index (Phi) is 4.63. The maximum atomic E-state index is 12.0. The molecule has 1 fully saturated rings. The Morgan fingerprint density at radius 3 is 2.42 bits per heavy atom. The third kappa shape index (κ3) is 3.86. The fraction of sp³-hybridized carbons (Fsp3) is 0.500. The lowest BCUT2D eigenvalue weighted by atomic mass is 10.2. The summed E-state index contributed by atoms with van der Waals surface area (Å²) in [6.07, 6.45) is 0. The van der Waals surface area contributed by atoms with Crippen molar-refractivity contribution < 1.29 is 9.53 Å². The van der Waals surface area contributed by atoms with Crippen LogP contribution in [0.3, 0.4) is 0 Å². The fourth-order valence-electron chi connectivity index (χ4n) is 2.04. The van der Waals surface area contributed by atoms with Crippen LogP contribution in [0.25, 0.3) is 0 Å². The molecule has 1 heterocycles. The Balaban J connectivity index is 1.79. The molecule has 5 heteroatoms. The zero-order valence-electron chi connectivity index (χ0n) is 11.6. The zero-order chi connectivity index (χ0) is 13.7. The summed E-state index contributed by atoms with van der Waals surface area (Å²) in [5, 5.41) is 2.95. The van der Waals surface area contributed by atoms with Gasteiger partial charge < -0.3 is 19.9 Å². The molecule has 1 aromatic carbocycles. The highest BCUT2D eigenvalue weighted by molar-refractivity contribution is 5.74. The molecule has 0 spiro atoms. The smallest absolute Gasteiger partial charge is 0.317 e. The summed E-state index contributed by atoms with van der Waals surface area (Å²) in [5.41, 5.74) is 1.07. The van der Waals surface area contributed by atoms with Gasteiger partial charge in [0.05, 0.1) is 7.11 Å². The second-order valence-corrected chi connectivity index (χ2v) is 4.80. The Morgan fingerprint density at radius 1 is 1.21 bits per heavy atom. The summed E-state index contributed by atoms with van der Waals surface area (Å²) >= 11 is 0. The van der Waals surface area contributed by atoms with Crippen LogP contribution >= 0.6 is 0 Å². The Hall–Kier alpha value is -1.75. The van der Waals surface area contributed by atoms with Crippen LogP contribution in [-0.4, -0.2) is 56.2 Å². The average molecular weight is 263 g/mol. The highest BCUT2D eigenvalue weighted by Gasteiger charge is 2.18. The van der Waals surface area contributed by atoms with Crippen LogP contribution in [0, 0.1) is 0 Å². The standard InChI is InChI=1S/C14H21N3O2/c1-16-7-9-17(10-8-16)14(18)15-11-12-3-5-13(19-2)6-4-12/h3-6H,7-11H2,1-2H3,(H,15,18). The highest BCUT2D eigenvalue weighted by atomic mass is 16.5. The van der Waals surface area contributed by atoms with E-state index in [0.717, 1.165) is 37.5 Å².